The Kier molecular flexibility index (Phi) is 4.41. The molecule has 3 rings (SSSR count). The molecular formula is C19H12N2OS. The molecule has 23 heavy (non-hydrogen) atoms. The summed E-state index contributed by atoms with van der Waals surface area (Å²) in [6.45, 7) is 0. The van der Waals surface area contributed by atoms with E-state index in [2.05, 4.69) is 4.98 Å². The Morgan fingerprint density at radius 2 is 1.96 bits per heavy atom. The fourth-order valence-corrected chi connectivity index (χ4v) is 2.87. The fourth-order valence-electron chi connectivity index (χ4n) is 2.08. The van der Waals surface area contributed by atoms with Crippen molar-refractivity contribution in [2.24, 2.45) is 0 Å². The number of nitriles is 1. The molecule has 3 nitrogen and oxygen atoms in total. The predicted octanol–water partition coefficient (Wildman–Crippen LogP) is 4.58. The van der Waals surface area contributed by atoms with Gasteiger partial charge in [-0.2, -0.15) is 5.26 Å². The second-order valence-electron chi connectivity index (χ2n) is 4.83. The second-order valence-corrected chi connectivity index (χ2v) is 5.69. The largest absolute Gasteiger partial charge is 0.289 e. The lowest BCUT2D eigenvalue weighted by atomic mass is 10.1. The van der Waals surface area contributed by atoms with E-state index in [1.807, 2.05) is 41.8 Å². The van der Waals surface area contributed by atoms with Gasteiger partial charge in [0, 0.05) is 16.5 Å². The highest BCUT2D eigenvalue weighted by Gasteiger charge is 2.05. The highest BCUT2D eigenvalue weighted by molar-refractivity contribution is 7.13. The van der Waals surface area contributed by atoms with Crippen LogP contribution < -0.4 is 0 Å². The summed E-state index contributed by atoms with van der Waals surface area (Å²) < 4.78 is 0. The molecule has 0 bridgehead atoms. The van der Waals surface area contributed by atoms with Crippen molar-refractivity contribution in [1.82, 2.24) is 4.98 Å². The third-order valence-electron chi connectivity index (χ3n) is 3.22. The van der Waals surface area contributed by atoms with Crippen LogP contribution in [0.25, 0.3) is 16.6 Å². The van der Waals surface area contributed by atoms with Crippen LogP contribution in [0.1, 0.15) is 21.6 Å². The van der Waals surface area contributed by atoms with Crippen LogP contribution in [-0.4, -0.2) is 10.8 Å². The Labute approximate surface area is 138 Å². The van der Waals surface area contributed by atoms with E-state index in [-0.39, 0.29) is 5.78 Å². The Balaban J connectivity index is 1.77. The summed E-state index contributed by atoms with van der Waals surface area (Å²) in [7, 11) is 0. The predicted molar refractivity (Wildman–Crippen MR) is 92.1 cm³/mol. The van der Waals surface area contributed by atoms with E-state index >= 15 is 0 Å². The van der Waals surface area contributed by atoms with Crippen LogP contribution in [0.15, 0.2) is 66.1 Å². The normalized spacial score (nSPS) is 10.6. The molecule has 0 saturated heterocycles. The van der Waals surface area contributed by atoms with E-state index in [0.29, 0.717) is 11.1 Å². The van der Waals surface area contributed by atoms with Gasteiger partial charge < -0.3 is 0 Å². The highest BCUT2D eigenvalue weighted by Crippen LogP contribution is 2.23. The first-order valence-corrected chi connectivity index (χ1v) is 7.88. The van der Waals surface area contributed by atoms with Gasteiger partial charge in [-0.25, -0.2) is 4.98 Å². The Hall–Kier alpha value is -3.03. The zero-order valence-electron chi connectivity index (χ0n) is 12.1. The summed E-state index contributed by atoms with van der Waals surface area (Å²) in [5.41, 5.74) is 2.78. The third kappa shape index (κ3) is 3.60. The van der Waals surface area contributed by atoms with Crippen LogP contribution in [0, 0.1) is 11.3 Å². The zero-order valence-corrected chi connectivity index (χ0v) is 13.0. The van der Waals surface area contributed by atoms with Gasteiger partial charge in [-0.05, 0) is 24.3 Å². The molecule has 0 aliphatic carbocycles. The number of carbonyl (C=O) groups is 1. The second kappa shape index (κ2) is 6.82. The number of ketones is 1. The zero-order chi connectivity index (χ0) is 16.1. The van der Waals surface area contributed by atoms with Crippen LogP contribution >= 0.6 is 11.3 Å². The average molecular weight is 316 g/mol. The Morgan fingerprint density at radius 3 is 2.74 bits per heavy atom. The summed E-state index contributed by atoms with van der Waals surface area (Å²) in [5.74, 6) is -0.142. The first-order chi connectivity index (χ1) is 11.3. The lowest BCUT2D eigenvalue weighted by Crippen LogP contribution is -1.94. The maximum atomic E-state index is 12.1. The van der Waals surface area contributed by atoms with Gasteiger partial charge in [-0.1, -0.05) is 42.5 Å². The minimum atomic E-state index is -0.142. The van der Waals surface area contributed by atoms with Gasteiger partial charge >= 0.3 is 0 Å². The minimum Gasteiger partial charge on any atom is -0.289 e. The van der Waals surface area contributed by atoms with Crippen molar-refractivity contribution >= 4 is 23.2 Å². The minimum absolute atomic E-state index is 0.142. The quantitative estimate of drug-likeness (QED) is 0.523. The maximum Gasteiger partial charge on any atom is 0.185 e. The van der Waals surface area contributed by atoms with Crippen molar-refractivity contribution in [1.29, 1.82) is 5.26 Å². The smallest absolute Gasteiger partial charge is 0.185 e. The summed E-state index contributed by atoms with van der Waals surface area (Å²) >= 11 is 1.54. The van der Waals surface area contributed by atoms with Crippen LogP contribution in [0.5, 0.6) is 0 Å². The van der Waals surface area contributed by atoms with Crippen molar-refractivity contribution in [2.75, 3.05) is 0 Å². The fraction of sp³-hybridized carbons (Fsp3) is 0. The lowest BCUT2D eigenvalue weighted by molar-refractivity contribution is 0.104. The molecule has 3 aromatic rings. The SMILES string of the molecule is N#Cc1cccc(C(=O)/C=C/c2csc(-c3ccccc3)n2)c1. The van der Waals surface area contributed by atoms with Crippen LogP contribution in [0.3, 0.4) is 0 Å². The van der Waals surface area contributed by atoms with Crippen LogP contribution in [0.4, 0.5) is 0 Å². The Bertz CT molecular complexity index is 904. The first-order valence-electron chi connectivity index (χ1n) is 7.00. The first kappa shape index (κ1) is 14.9. The molecule has 0 unspecified atom stereocenters. The summed E-state index contributed by atoms with van der Waals surface area (Å²) in [6.07, 6.45) is 3.19. The molecule has 0 aliphatic rings. The highest BCUT2D eigenvalue weighted by atomic mass is 32.1. The number of nitrogens with zero attached hydrogens (tertiary/aromatic N) is 2. The van der Waals surface area contributed by atoms with Gasteiger partial charge in [0.1, 0.15) is 5.01 Å². The summed E-state index contributed by atoms with van der Waals surface area (Å²) in [5, 5.41) is 11.7. The number of carbonyl (C=O) groups excluding carboxylic acids is 1. The van der Waals surface area contributed by atoms with Crippen molar-refractivity contribution < 1.29 is 4.79 Å². The van der Waals surface area contributed by atoms with E-state index in [1.54, 1.807) is 30.3 Å². The van der Waals surface area contributed by atoms with Gasteiger partial charge in [0.2, 0.25) is 0 Å². The molecule has 0 N–H and O–H groups in total. The Morgan fingerprint density at radius 1 is 1.13 bits per heavy atom. The molecule has 4 heteroatoms. The van der Waals surface area contributed by atoms with Crippen molar-refractivity contribution in [3.8, 4) is 16.6 Å². The number of benzene rings is 2. The van der Waals surface area contributed by atoms with E-state index in [9.17, 15) is 4.79 Å². The number of thiazole rings is 1. The van der Waals surface area contributed by atoms with Crippen molar-refractivity contribution in [3.63, 3.8) is 0 Å². The van der Waals surface area contributed by atoms with E-state index in [4.69, 9.17) is 5.26 Å². The number of rotatable bonds is 4. The molecule has 0 atom stereocenters. The molecule has 1 heterocycles. The van der Waals surface area contributed by atoms with Gasteiger partial charge in [0.25, 0.3) is 0 Å². The van der Waals surface area contributed by atoms with Gasteiger partial charge in [-0.3, -0.25) is 4.79 Å². The molecular weight excluding hydrogens is 304 g/mol. The molecule has 110 valence electrons. The summed E-state index contributed by atoms with van der Waals surface area (Å²) in [6, 6.07) is 18.6. The van der Waals surface area contributed by atoms with Gasteiger partial charge in [0.15, 0.2) is 5.78 Å². The molecule has 0 saturated carbocycles. The van der Waals surface area contributed by atoms with Crippen LogP contribution in [-0.2, 0) is 0 Å². The molecule has 0 fully saturated rings. The number of allylic oxidation sites excluding steroid dienone is 1. The summed E-state index contributed by atoms with van der Waals surface area (Å²) in [4.78, 5) is 16.6. The number of aromatic nitrogens is 1. The lowest BCUT2D eigenvalue weighted by Gasteiger charge is -1.95. The van der Waals surface area contributed by atoms with Crippen molar-refractivity contribution in [2.45, 2.75) is 0 Å². The van der Waals surface area contributed by atoms with E-state index in [1.165, 1.54) is 17.4 Å². The maximum absolute atomic E-state index is 12.1. The molecule has 0 amide bonds. The number of hydrogen-bond acceptors (Lipinski definition) is 4. The molecule has 0 spiro atoms. The third-order valence-corrected chi connectivity index (χ3v) is 4.13. The standard InChI is InChI=1S/C19H12N2OS/c20-12-14-5-4-8-16(11-14)18(22)10-9-17-13-23-19(21-17)15-6-2-1-3-7-15/h1-11,13H/b10-9+. The number of hydrogen-bond donors (Lipinski definition) is 0. The van der Waals surface area contributed by atoms with Crippen LogP contribution in [0.2, 0.25) is 0 Å². The molecule has 0 aliphatic heterocycles. The topological polar surface area (TPSA) is 53.8 Å². The monoisotopic (exact) mass is 316 g/mol. The van der Waals surface area contributed by atoms with Crippen molar-refractivity contribution in [3.05, 3.63) is 82.9 Å². The van der Waals surface area contributed by atoms with Gasteiger partial charge in [-0.15, -0.1) is 11.3 Å². The van der Waals surface area contributed by atoms with E-state index in [0.717, 1.165) is 16.3 Å². The van der Waals surface area contributed by atoms with Gasteiger partial charge in [0.05, 0.1) is 17.3 Å². The van der Waals surface area contributed by atoms with E-state index < -0.39 is 0 Å². The average Bonchev–Trinajstić information content (AvgIpc) is 3.09. The molecule has 1 aromatic heterocycles. The molecule has 0 radical (unpaired) electrons. The molecule has 2 aromatic carbocycles.